The molecule has 0 bridgehead atoms. The average Bonchev–Trinajstić information content (AvgIpc) is 2.29. The first-order valence-electron chi connectivity index (χ1n) is 5.40. The second-order valence-electron chi connectivity index (χ2n) is 4.02. The van der Waals surface area contributed by atoms with Crippen LogP contribution in [-0.4, -0.2) is 9.97 Å². The molecule has 0 unspecified atom stereocenters. The topological polar surface area (TPSA) is 61.0 Å². The Balaban J connectivity index is 2.37. The highest BCUT2D eigenvalue weighted by Gasteiger charge is 2.07. The molecule has 1 aromatic heterocycles. The van der Waals surface area contributed by atoms with E-state index in [1.54, 1.807) is 12.4 Å². The minimum absolute atomic E-state index is 0.513. The van der Waals surface area contributed by atoms with Crippen LogP contribution in [0.15, 0.2) is 24.5 Å². The summed E-state index contributed by atoms with van der Waals surface area (Å²) in [6.07, 6.45) is 3.24. The van der Waals surface area contributed by atoms with Gasteiger partial charge in [-0.3, -0.25) is 4.98 Å². The summed E-state index contributed by atoms with van der Waals surface area (Å²) in [7, 11) is 0. The van der Waals surface area contributed by atoms with Crippen molar-refractivity contribution in [3.05, 3.63) is 41.3 Å². The molecule has 4 heteroatoms. The van der Waals surface area contributed by atoms with Crippen LogP contribution in [0.5, 0.6) is 11.6 Å². The number of aryl methyl sites for hydroxylation is 3. The molecule has 2 N–H and O–H groups in total. The Kier molecular flexibility index (Phi) is 2.95. The van der Waals surface area contributed by atoms with Crippen LogP contribution in [0.1, 0.15) is 16.8 Å². The molecule has 0 radical (unpaired) electrons. The molecule has 0 amide bonds. The fraction of sp³-hybridized carbons (Fsp3) is 0.231. The third-order valence-electron chi connectivity index (χ3n) is 2.61. The van der Waals surface area contributed by atoms with E-state index in [-0.39, 0.29) is 0 Å². The normalized spacial score (nSPS) is 10.3. The Morgan fingerprint density at radius 2 is 1.71 bits per heavy atom. The Bertz CT molecular complexity index is 552. The summed E-state index contributed by atoms with van der Waals surface area (Å²) in [4.78, 5) is 8.27. The number of hydrogen-bond donors (Lipinski definition) is 1. The van der Waals surface area contributed by atoms with Crippen molar-refractivity contribution in [2.45, 2.75) is 20.8 Å². The van der Waals surface area contributed by atoms with Crippen molar-refractivity contribution in [2.24, 2.45) is 0 Å². The van der Waals surface area contributed by atoms with Crippen LogP contribution in [-0.2, 0) is 0 Å². The van der Waals surface area contributed by atoms with Crippen LogP contribution in [0.2, 0.25) is 0 Å². The van der Waals surface area contributed by atoms with Gasteiger partial charge in [0, 0.05) is 24.1 Å². The van der Waals surface area contributed by atoms with Crippen molar-refractivity contribution in [1.29, 1.82) is 0 Å². The van der Waals surface area contributed by atoms with Gasteiger partial charge in [0.1, 0.15) is 5.75 Å². The molecule has 0 atom stereocenters. The molecule has 4 nitrogen and oxygen atoms in total. The van der Waals surface area contributed by atoms with Gasteiger partial charge in [-0.05, 0) is 31.9 Å². The highest BCUT2D eigenvalue weighted by Crippen LogP contribution is 2.28. The van der Waals surface area contributed by atoms with Crippen LogP contribution in [0.4, 0.5) is 5.69 Å². The largest absolute Gasteiger partial charge is 0.437 e. The predicted molar refractivity (Wildman–Crippen MR) is 67.2 cm³/mol. The summed E-state index contributed by atoms with van der Waals surface area (Å²) < 4.78 is 5.72. The number of hydrogen-bond acceptors (Lipinski definition) is 4. The van der Waals surface area contributed by atoms with Gasteiger partial charge in [0.15, 0.2) is 0 Å². The molecule has 0 spiro atoms. The molecule has 88 valence electrons. The van der Waals surface area contributed by atoms with E-state index in [0.717, 1.165) is 22.6 Å². The van der Waals surface area contributed by atoms with Crippen LogP contribution >= 0.6 is 0 Å². The highest BCUT2D eigenvalue weighted by molar-refractivity contribution is 5.54. The first kappa shape index (κ1) is 11.4. The summed E-state index contributed by atoms with van der Waals surface area (Å²) in [5.74, 6) is 1.23. The maximum absolute atomic E-state index is 5.87. The zero-order valence-electron chi connectivity index (χ0n) is 10.2. The average molecular weight is 229 g/mol. The van der Waals surface area contributed by atoms with Crippen molar-refractivity contribution >= 4 is 5.69 Å². The number of benzene rings is 1. The molecule has 0 aliphatic heterocycles. The Morgan fingerprint density at radius 1 is 1.00 bits per heavy atom. The first-order chi connectivity index (χ1) is 8.08. The van der Waals surface area contributed by atoms with E-state index < -0.39 is 0 Å². The lowest BCUT2D eigenvalue weighted by Crippen LogP contribution is -1.97. The van der Waals surface area contributed by atoms with Crippen LogP contribution in [0.25, 0.3) is 0 Å². The third-order valence-corrected chi connectivity index (χ3v) is 2.61. The zero-order valence-corrected chi connectivity index (χ0v) is 10.2. The summed E-state index contributed by atoms with van der Waals surface area (Å²) >= 11 is 0. The fourth-order valence-corrected chi connectivity index (χ4v) is 1.56. The molecule has 1 aromatic carbocycles. The molecule has 1 heterocycles. The number of nitrogen functional groups attached to an aromatic ring is 1. The van der Waals surface area contributed by atoms with Gasteiger partial charge in [-0.25, -0.2) is 4.98 Å². The maximum atomic E-state index is 5.87. The highest BCUT2D eigenvalue weighted by atomic mass is 16.5. The summed E-state index contributed by atoms with van der Waals surface area (Å²) in [6, 6.07) is 3.81. The molecule has 0 saturated carbocycles. The molecular weight excluding hydrogens is 214 g/mol. The molecule has 2 aromatic rings. The van der Waals surface area contributed by atoms with Gasteiger partial charge in [-0.15, -0.1) is 0 Å². The van der Waals surface area contributed by atoms with Crippen molar-refractivity contribution in [1.82, 2.24) is 9.97 Å². The first-order valence-corrected chi connectivity index (χ1v) is 5.40. The maximum Gasteiger partial charge on any atom is 0.240 e. The SMILES string of the molecule is Cc1cc(C)c(Oc2nccnc2C)cc1N. The van der Waals surface area contributed by atoms with Crippen molar-refractivity contribution in [3.63, 3.8) is 0 Å². The van der Waals surface area contributed by atoms with Crippen molar-refractivity contribution in [2.75, 3.05) is 5.73 Å². The predicted octanol–water partition coefficient (Wildman–Crippen LogP) is 2.78. The number of ether oxygens (including phenoxy) is 1. The molecule has 0 saturated heterocycles. The van der Waals surface area contributed by atoms with E-state index in [4.69, 9.17) is 10.5 Å². The van der Waals surface area contributed by atoms with Crippen molar-refractivity contribution in [3.8, 4) is 11.6 Å². The monoisotopic (exact) mass is 229 g/mol. The molecular formula is C13H15N3O. The fourth-order valence-electron chi connectivity index (χ4n) is 1.56. The Hall–Kier alpha value is -2.10. The lowest BCUT2D eigenvalue weighted by molar-refractivity contribution is 0.452. The quantitative estimate of drug-likeness (QED) is 0.804. The van der Waals surface area contributed by atoms with Crippen molar-refractivity contribution < 1.29 is 4.74 Å². The Labute approximate surface area is 100 Å². The summed E-state index contributed by atoms with van der Waals surface area (Å²) in [5, 5.41) is 0. The molecule has 0 aliphatic rings. The number of nitrogens with zero attached hydrogens (tertiary/aromatic N) is 2. The molecule has 2 rings (SSSR count). The van der Waals surface area contributed by atoms with Gasteiger partial charge in [-0.2, -0.15) is 0 Å². The summed E-state index contributed by atoms with van der Waals surface area (Å²) in [5.41, 5.74) is 9.41. The number of rotatable bonds is 2. The third kappa shape index (κ3) is 2.36. The second kappa shape index (κ2) is 4.41. The van der Waals surface area contributed by atoms with E-state index >= 15 is 0 Å². The van der Waals surface area contributed by atoms with E-state index in [9.17, 15) is 0 Å². The Morgan fingerprint density at radius 3 is 2.41 bits per heavy atom. The van der Waals surface area contributed by atoms with E-state index in [1.807, 2.05) is 32.9 Å². The minimum Gasteiger partial charge on any atom is -0.437 e. The van der Waals surface area contributed by atoms with Crippen LogP contribution < -0.4 is 10.5 Å². The van der Waals surface area contributed by atoms with Crippen LogP contribution in [0, 0.1) is 20.8 Å². The van der Waals surface area contributed by atoms with Gasteiger partial charge in [0.2, 0.25) is 5.88 Å². The van der Waals surface area contributed by atoms with Crippen LogP contribution in [0.3, 0.4) is 0 Å². The number of anilines is 1. The lowest BCUT2D eigenvalue weighted by Gasteiger charge is -2.11. The molecule has 17 heavy (non-hydrogen) atoms. The van der Waals surface area contributed by atoms with Gasteiger partial charge in [0.05, 0.1) is 5.69 Å². The lowest BCUT2D eigenvalue weighted by atomic mass is 10.1. The van der Waals surface area contributed by atoms with E-state index in [0.29, 0.717) is 11.6 Å². The smallest absolute Gasteiger partial charge is 0.240 e. The standard InChI is InChI=1S/C13H15N3O/c1-8-6-9(2)12(7-11(8)14)17-13-10(3)15-4-5-16-13/h4-7H,14H2,1-3H3. The number of nitrogens with two attached hydrogens (primary N) is 1. The van der Waals surface area contributed by atoms with Gasteiger partial charge < -0.3 is 10.5 Å². The second-order valence-corrected chi connectivity index (χ2v) is 4.02. The van der Waals surface area contributed by atoms with Gasteiger partial charge in [-0.1, -0.05) is 6.07 Å². The summed E-state index contributed by atoms with van der Waals surface area (Å²) in [6.45, 7) is 5.81. The minimum atomic E-state index is 0.513. The number of aromatic nitrogens is 2. The van der Waals surface area contributed by atoms with E-state index in [2.05, 4.69) is 9.97 Å². The molecule has 0 aliphatic carbocycles. The van der Waals surface area contributed by atoms with Gasteiger partial charge >= 0.3 is 0 Å². The molecule has 0 fully saturated rings. The van der Waals surface area contributed by atoms with Gasteiger partial charge in [0.25, 0.3) is 0 Å². The zero-order chi connectivity index (χ0) is 12.4. The van der Waals surface area contributed by atoms with E-state index in [1.165, 1.54) is 0 Å².